The van der Waals surface area contributed by atoms with Crippen molar-refractivity contribution in [2.75, 3.05) is 0 Å². The van der Waals surface area contributed by atoms with Gasteiger partial charge in [0, 0.05) is 30.7 Å². The topological polar surface area (TPSA) is 157 Å². The van der Waals surface area contributed by atoms with Gasteiger partial charge in [-0.3, -0.25) is 20.2 Å². The average molecular weight is 777 g/mol. The lowest BCUT2D eigenvalue weighted by Gasteiger charge is -2.18. The van der Waals surface area contributed by atoms with Gasteiger partial charge in [0.15, 0.2) is 0 Å². The number of rotatable bonds is 12. The average Bonchev–Trinajstić information content (AvgIpc) is 3.05. The Hall–Kier alpha value is -5.62. The van der Waals surface area contributed by atoms with Crippen LogP contribution in [0.25, 0.3) is 0 Å². The van der Waals surface area contributed by atoms with E-state index in [-0.39, 0.29) is 35.8 Å². The minimum atomic E-state index is -4.71. The van der Waals surface area contributed by atoms with Gasteiger partial charge in [0.1, 0.15) is 34.1 Å². The predicted molar refractivity (Wildman–Crippen MR) is 169 cm³/mol. The van der Waals surface area contributed by atoms with Gasteiger partial charge in [-0.1, -0.05) is 30.1 Å². The van der Waals surface area contributed by atoms with E-state index in [0.717, 1.165) is 48.5 Å². The van der Waals surface area contributed by atoms with Crippen LogP contribution in [0.3, 0.4) is 0 Å². The fourth-order valence-corrected chi connectivity index (χ4v) is 4.76. The van der Waals surface area contributed by atoms with Crippen molar-refractivity contribution in [2.45, 2.75) is 38.4 Å². The van der Waals surface area contributed by atoms with Crippen LogP contribution in [0.2, 0.25) is 10.0 Å². The fourth-order valence-electron chi connectivity index (χ4n) is 4.32. The summed E-state index contributed by atoms with van der Waals surface area (Å²) in [6, 6.07) is 9.66. The highest BCUT2D eigenvalue weighted by atomic mass is 35.5. The number of halogens is 8. The molecule has 0 aliphatic heterocycles. The lowest BCUT2D eigenvalue weighted by Crippen LogP contribution is -2.25. The number of hydrogen-bond acceptors (Lipinski definition) is 10. The number of carbonyl (C=O) groups excluding carboxylic acids is 2. The summed E-state index contributed by atoms with van der Waals surface area (Å²) in [5, 5.41) is 22.5. The standard InChI is InChI=1S/C32H20Cl2F6N2O10/c1-2-3-28(51-29(43)20-14-18(6-8-24(20)41(45)46)49-26-10-4-16(12-22(26)33)31(35,36)37)52-30(44)21-15-19(7-9-25(21)42(47)48)50-27-11-5-17(13-23(27)34)32(38,39)40/h4-15,28H,2-3H2,1H3. The highest BCUT2D eigenvalue weighted by Gasteiger charge is 2.33. The van der Waals surface area contributed by atoms with Crippen LogP contribution in [-0.4, -0.2) is 28.1 Å². The van der Waals surface area contributed by atoms with E-state index < -0.39 is 84.1 Å². The molecule has 0 heterocycles. The van der Waals surface area contributed by atoms with Gasteiger partial charge in [0.05, 0.1) is 31.0 Å². The zero-order chi connectivity index (χ0) is 38.5. The quantitative estimate of drug-likeness (QED) is 0.0446. The maximum Gasteiger partial charge on any atom is 0.416 e. The van der Waals surface area contributed by atoms with Gasteiger partial charge in [-0.25, -0.2) is 9.59 Å². The summed E-state index contributed by atoms with van der Waals surface area (Å²) in [5.41, 5.74) is -5.25. The largest absolute Gasteiger partial charge is 0.456 e. The van der Waals surface area contributed by atoms with Crippen LogP contribution in [0.4, 0.5) is 37.7 Å². The molecule has 0 saturated heterocycles. The van der Waals surface area contributed by atoms with Crippen LogP contribution in [0.15, 0.2) is 72.8 Å². The minimum Gasteiger partial charge on any atom is -0.456 e. The summed E-state index contributed by atoms with van der Waals surface area (Å²) in [5.74, 6) is -4.02. The summed E-state index contributed by atoms with van der Waals surface area (Å²) < 4.78 is 99.4. The van der Waals surface area contributed by atoms with Gasteiger partial charge in [-0.15, -0.1) is 0 Å². The molecule has 0 fully saturated rings. The van der Waals surface area contributed by atoms with Crippen molar-refractivity contribution in [3.05, 3.63) is 125 Å². The second-order valence-corrected chi connectivity index (χ2v) is 11.2. The number of hydrogen-bond donors (Lipinski definition) is 0. The molecule has 52 heavy (non-hydrogen) atoms. The maximum absolute atomic E-state index is 13.2. The van der Waals surface area contributed by atoms with Crippen LogP contribution in [0, 0.1) is 20.2 Å². The Morgan fingerprint density at radius 2 is 1.06 bits per heavy atom. The number of benzene rings is 4. The van der Waals surface area contributed by atoms with Crippen LogP contribution in [-0.2, 0) is 21.8 Å². The first-order chi connectivity index (χ1) is 24.3. The molecule has 4 aromatic carbocycles. The van der Waals surface area contributed by atoms with Gasteiger partial charge in [0.25, 0.3) is 11.4 Å². The number of nitro groups is 2. The summed E-state index contributed by atoms with van der Waals surface area (Å²) in [4.78, 5) is 47.9. The van der Waals surface area contributed by atoms with E-state index in [0.29, 0.717) is 24.3 Å². The molecule has 0 unspecified atom stereocenters. The molecule has 4 rings (SSSR count). The molecule has 4 aromatic rings. The molecule has 0 N–H and O–H groups in total. The first-order valence-corrected chi connectivity index (χ1v) is 15.1. The number of nitro benzene ring substituents is 2. The van der Waals surface area contributed by atoms with Crippen molar-refractivity contribution in [1.82, 2.24) is 0 Å². The molecular formula is C32H20Cl2F6N2O10. The number of esters is 2. The van der Waals surface area contributed by atoms with E-state index in [9.17, 15) is 56.2 Å². The van der Waals surface area contributed by atoms with Crippen molar-refractivity contribution in [3.8, 4) is 23.0 Å². The summed E-state index contributed by atoms with van der Waals surface area (Å²) in [6.45, 7) is 1.57. The van der Waals surface area contributed by atoms with E-state index in [1.807, 2.05) is 0 Å². The Kier molecular flexibility index (Phi) is 11.8. The molecule has 0 aliphatic carbocycles. The first-order valence-electron chi connectivity index (χ1n) is 14.4. The minimum absolute atomic E-state index is 0.181. The maximum atomic E-state index is 13.2. The molecule has 0 bridgehead atoms. The summed E-state index contributed by atoms with van der Waals surface area (Å²) in [6.07, 6.45) is -11.2. The van der Waals surface area contributed by atoms with Crippen molar-refractivity contribution in [2.24, 2.45) is 0 Å². The third kappa shape index (κ3) is 9.58. The van der Waals surface area contributed by atoms with Gasteiger partial charge in [0.2, 0.25) is 6.29 Å². The van der Waals surface area contributed by atoms with E-state index in [4.69, 9.17) is 42.1 Å². The van der Waals surface area contributed by atoms with Crippen LogP contribution in [0.1, 0.15) is 51.6 Å². The highest BCUT2D eigenvalue weighted by Crippen LogP contribution is 2.39. The van der Waals surface area contributed by atoms with E-state index in [1.165, 1.54) is 0 Å². The normalized spacial score (nSPS) is 11.6. The molecule has 0 aromatic heterocycles. The smallest absolute Gasteiger partial charge is 0.416 e. The number of alkyl halides is 6. The van der Waals surface area contributed by atoms with Gasteiger partial charge >= 0.3 is 24.3 Å². The predicted octanol–water partition coefficient (Wildman–Crippen LogP) is 10.6. The second-order valence-electron chi connectivity index (χ2n) is 10.4. The van der Waals surface area contributed by atoms with Crippen LogP contribution >= 0.6 is 23.2 Å². The monoisotopic (exact) mass is 776 g/mol. The van der Waals surface area contributed by atoms with Crippen molar-refractivity contribution in [3.63, 3.8) is 0 Å². The number of nitrogens with zero attached hydrogens (tertiary/aromatic N) is 2. The Labute approximate surface area is 297 Å². The molecule has 0 radical (unpaired) electrons. The zero-order valence-corrected chi connectivity index (χ0v) is 27.4. The molecule has 0 spiro atoms. The molecule has 0 aliphatic rings. The summed E-state index contributed by atoms with van der Waals surface area (Å²) in [7, 11) is 0. The molecule has 12 nitrogen and oxygen atoms in total. The Balaban J connectivity index is 1.58. The van der Waals surface area contributed by atoms with Crippen LogP contribution < -0.4 is 9.47 Å². The van der Waals surface area contributed by atoms with Crippen molar-refractivity contribution >= 4 is 46.5 Å². The zero-order valence-electron chi connectivity index (χ0n) is 25.9. The van der Waals surface area contributed by atoms with Crippen LogP contribution in [0.5, 0.6) is 23.0 Å². The number of carbonyl (C=O) groups is 2. The Morgan fingerprint density at radius 3 is 1.37 bits per heavy atom. The molecule has 0 saturated carbocycles. The van der Waals surface area contributed by atoms with Gasteiger partial charge < -0.3 is 18.9 Å². The Morgan fingerprint density at radius 1 is 0.673 bits per heavy atom. The fraction of sp³-hybridized carbons (Fsp3) is 0.188. The number of ether oxygens (including phenoxy) is 4. The molecule has 0 atom stereocenters. The third-order valence-electron chi connectivity index (χ3n) is 6.74. The van der Waals surface area contributed by atoms with E-state index >= 15 is 0 Å². The lowest BCUT2D eigenvalue weighted by molar-refractivity contribution is -0.385. The van der Waals surface area contributed by atoms with Gasteiger partial charge in [-0.2, -0.15) is 26.3 Å². The summed E-state index contributed by atoms with van der Waals surface area (Å²) >= 11 is 11.8. The highest BCUT2D eigenvalue weighted by molar-refractivity contribution is 6.32. The molecule has 274 valence electrons. The SMILES string of the molecule is CCCC(OC(=O)c1cc(Oc2ccc(C(F)(F)F)cc2Cl)ccc1[N+](=O)[O-])OC(=O)c1cc(Oc2ccc(C(F)(F)F)cc2Cl)ccc1[N+](=O)[O-]. The first kappa shape index (κ1) is 39.2. The van der Waals surface area contributed by atoms with Gasteiger partial charge in [-0.05, 0) is 55.0 Å². The molecular weight excluding hydrogens is 757 g/mol. The third-order valence-corrected chi connectivity index (χ3v) is 7.34. The lowest BCUT2D eigenvalue weighted by atomic mass is 10.1. The second kappa shape index (κ2) is 15.7. The molecule has 20 heteroatoms. The van der Waals surface area contributed by atoms with Crippen molar-refractivity contribution in [1.29, 1.82) is 0 Å². The van der Waals surface area contributed by atoms with E-state index in [2.05, 4.69) is 0 Å². The molecule has 0 amide bonds. The van der Waals surface area contributed by atoms with E-state index in [1.54, 1.807) is 6.92 Å². The Bertz CT molecular complexity index is 1900. The van der Waals surface area contributed by atoms with Crippen molar-refractivity contribution < 1.29 is 64.7 Å².